The molecule has 2 amide bonds. The lowest BCUT2D eigenvalue weighted by Crippen LogP contribution is -2.47. The highest BCUT2D eigenvalue weighted by Gasteiger charge is 2.29. The monoisotopic (exact) mass is 627 g/mol. The van der Waals surface area contributed by atoms with Crippen LogP contribution in [0.15, 0.2) is 103 Å². The topological polar surface area (TPSA) is 74.0 Å². The summed E-state index contributed by atoms with van der Waals surface area (Å²) in [5, 5.41) is 7.28. The Bertz CT molecular complexity index is 1550. The summed E-state index contributed by atoms with van der Waals surface area (Å²) in [6, 6.07) is 30.6. The highest BCUT2D eigenvalue weighted by atomic mass is 127. The van der Waals surface area contributed by atoms with E-state index in [2.05, 4.69) is 38.2 Å². The van der Waals surface area contributed by atoms with E-state index in [0.29, 0.717) is 6.42 Å². The van der Waals surface area contributed by atoms with Crippen LogP contribution in [0, 0.1) is 17.4 Å². The number of nitrogens with one attached hydrogen (secondary N) is 3. The zero-order valence-corrected chi connectivity index (χ0v) is 24.0. The molecule has 1 aromatic heterocycles. The molecule has 0 saturated carbocycles. The van der Waals surface area contributed by atoms with Crippen LogP contribution in [0.3, 0.4) is 0 Å². The lowest BCUT2D eigenvalue weighted by atomic mass is 9.90. The largest absolute Gasteiger partial charge is 0.361 e. The second-order valence-electron chi connectivity index (χ2n) is 9.78. The van der Waals surface area contributed by atoms with E-state index < -0.39 is 12.0 Å². The van der Waals surface area contributed by atoms with Crippen molar-refractivity contribution in [2.45, 2.75) is 32.2 Å². The number of anilines is 1. The van der Waals surface area contributed by atoms with Gasteiger partial charge in [0.05, 0.1) is 5.92 Å². The average Bonchev–Trinajstić information content (AvgIpc) is 3.34. The molecule has 0 bridgehead atoms. The summed E-state index contributed by atoms with van der Waals surface area (Å²) in [5.74, 6) is -1.02. The second kappa shape index (κ2) is 11.9. The minimum Gasteiger partial charge on any atom is -0.361 e. The van der Waals surface area contributed by atoms with E-state index in [-0.39, 0.29) is 11.8 Å². The SMILES string of the molecule is Cc1cc(I)cc(C)c1NC(=O)[C@@H](Cc1c[nH]c2ccccc12)NC(=O)C(c1ccccc1)c1ccccc1. The molecule has 5 rings (SSSR count). The number of aromatic nitrogens is 1. The Balaban J connectivity index is 1.49. The molecular weight excluding hydrogens is 597 g/mol. The number of halogens is 1. The molecule has 0 aliphatic carbocycles. The van der Waals surface area contributed by atoms with Crippen LogP contribution < -0.4 is 10.6 Å². The first kappa shape index (κ1) is 26.7. The molecule has 0 spiro atoms. The Morgan fingerprint density at radius 1 is 0.795 bits per heavy atom. The summed E-state index contributed by atoms with van der Waals surface area (Å²) in [5.41, 5.74) is 6.45. The number of amides is 2. The predicted molar refractivity (Wildman–Crippen MR) is 166 cm³/mol. The van der Waals surface area contributed by atoms with Gasteiger partial charge >= 0.3 is 0 Å². The highest BCUT2D eigenvalue weighted by molar-refractivity contribution is 14.1. The van der Waals surface area contributed by atoms with E-state index in [1.165, 1.54) is 0 Å². The van der Waals surface area contributed by atoms with Gasteiger partial charge in [-0.2, -0.15) is 0 Å². The number of para-hydroxylation sites is 1. The molecule has 0 aliphatic heterocycles. The molecule has 1 atom stereocenters. The first-order valence-corrected chi connectivity index (χ1v) is 14.0. The molecule has 1 heterocycles. The van der Waals surface area contributed by atoms with Gasteiger partial charge in [-0.25, -0.2) is 0 Å². The fourth-order valence-electron chi connectivity index (χ4n) is 5.09. The third-order valence-electron chi connectivity index (χ3n) is 7.01. The van der Waals surface area contributed by atoms with Crippen molar-refractivity contribution in [2.75, 3.05) is 5.32 Å². The number of H-pyrrole nitrogens is 1. The molecule has 3 N–H and O–H groups in total. The van der Waals surface area contributed by atoms with Crippen LogP contribution in [0.25, 0.3) is 10.9 Å². The van der Waals surface area contributed by atoms with E-state index in [1.54, 1.807) is 0 Å². The summed E-state index contributed by atoms with van der Waals surface area (Å²) in [6.45, 7) is 3.97. The maximum Gasteiger partial charge on any atom is 0.247 e. The van der Waals surface area contributed by atoms with Gasteiger partial charge < -0.3 is 15.6 Å². The van der Waals surface area contributed by atoms with Crippen molar-refractivity contribution in [3.05, 3.63) is 135 Å². The van der Waals surface area contributed by atoms with E-state index in [4.69, 9.17) is 0 Å². The molecule has 4 aromatic carbocycles. The normalized spacial score (nSPS) is 11.9. The number of hydrogen-bond acceptors (Lipinski definition) is 2. The number of rotatable bonds is 8. The highest BCUT2D eigenvalue weighted by Crippen LogP contribution is 2.27. The van der Waals surface area contributed by atoms with Crippen molar-refractivity contribution in [2.24, 2.45) is 0 Å². The van der Waals surface area contributed by atoms with Crippen LogP contribution in [0.2, 0.25) is 0 Å². The van der Waals surface area contributed by atoms with E-state index in [0.717, 1.165) is 48.0 Å². The molecule has 6 heteroatoms. The molecule has 196 valence electrons. The van der Waals surface area contributed by atoms with Gasteiger partial charge in [0, 0.05) is 32.8 Å². The minimum absolute atomic E-state index is 0.219. The number of fused-ring (bicyclic) bond motifs is 1. The van der Waals surface area contributed by atoms with Crippen LogP contribution in [0.4, 0.5) is 5.69 Å². The molecule has 0 saturated heterocycles. The maximum atomic E-state index is 14.0. The molecule has 0 radical (unpaired) electrons. The summed E-state index contributed by atoms with van der Waals surface area (Å²) in [7, 11) is 0. The first-order chi connectivity index (χ1) is 18.9. The maximum absolute atomic E-state index is 14.0. The quantitative estimate of drug-likeness (QED) is 0.164. The lowest BCUT2D eigenvalue weighted by molar-refractivity contribution is -0.126. The Hall–Kier alpha value is -3.91. The smallest absolute Gasteiger partial charge is 0.247 e. The van der Waals surface area contributed by atoms with Gasteiger partial charge in [0.15, 0.2) is 0 Å². The Labute approximate surface area is 242 Å². The van der Waals surface area contributed by atoms with Crippen LogP contribution >= 0.6 is 22.6 Å². The number of aromatic amines is 1. The van der Waals surface area contributed by atoms with Gasteiger partial charge in [0.1, 0.15) is 6.04 Å². The standard InChI is InChI=1S/C33H30IN3O2/c1-21-17-26(34)18-22(2)31(21)37-32(38)29(19-25-20-35-28-16-10-9-15-27(25)28)36-33(39)30(23-11-5-3-6-12-23)24-13-7-4-8-14-24/h3-18,20,29-30,35H,19H2,1-2H3,(H,36,39)(H,37,38)/t29-/m1/s1. The lowest BCUT2D eigenvalue weighted by Gasteiger charge is -2.24. The molecule has 39 heavy (non-hydrogen) atoms. The molecule has 0 aliphatic rings. The van der Waals surface area contributed by atoms with Gasteiger partial charge in [0.2, 0.25) is 11.8 Å². The summed E-state index contributed by atoms with van der Waals surface area (Å²) in [6.07, 6.45) is 2.27. The number of benzene rings is 4. The van der Waals surface area contributed by atoms with Gasteiger partial charge in [-0.1, -0.05) is 78.9 Å². The molecule has 5 nitrogen and oxygen atoms in total. The van der Waals surface area contributed by atoms with Crippen molar-refractivity contribution < 1.29 is 9.59 Å². The average molecular weight is 628 g/mol. The molecular formula is C33H30IN3O2. The van der Waals surface area contributed by atoms with Crippen LogP contribution in [-0.4, -0.2) is 22.8 Å². The number of aryl methyl sites for hydroxylation is 2. The number of carbonyl (C=O) groups excluding carboxylic acids is 2. The number of carbonyl (C=O) groups is 2. The van der Waals surface area contributed by atoms with Crippen LogP contribution in [0.1, 0.15) is 33.7 Å². The van der Waals surface area contributed by atoms with Crippen molar-refractivity contribution in [3.63, 3.8) is 0 Å². The molecule has 0 fully saturated rings. The first-order valence-electron chi connectivity index (χ1n) is 12.9. The zero-order chi connectivity index (χ0) is 27.4. The Kier molecular flexibility index (Phi) is 8.12. The van der Waals surface area contributed by atoms with Gasteiger partial charge in [0.25, 0.3) is 0 Å². The zero-order valence-electron chi connectivity index (χ0n) is 21.9. The summed E-state index contributed by atoms with van der Waals surface area (Å²) in [4.78, 5) is 31.1. The fraction of sp³-hybridized carbons (Fsp3) is 0.152. The van der Waals surface area contributed by atoms with Crippen molar-refractivity contribution in [1.82, 2.24) is 10.3 Å². The van der Waals surface area contributed by atoms with Gasteiger partial charge in [-0.3, -0.25) is 9.59 Å². The van der Waals surface area contributed by atoms with Crippen LogP contribution in [0.5, 0.6) is 0 Å². The fourth-order valence-corrected chi connectivity index (χ4v) is 6.02. The molecule has 0 unspecified atom stereocenters. The van der Waals surface area contributed by atoms with Gasteiger partial charge in [-0.15, -0.1) is 0 Å². The second-order valence-corrected chi connectivity index (χ2v) is 11.0. The summed E-state index contributed by atoms with van der Waals surface area (Å²) >= 11 is 2.28. The third-order valence-corrected chi connectivity index (χ3v) is 7.63. The number of hydrogen-bond donors (Lipinski definition) is 3. The van der Waals surface area contributed by atoms with E-state index >= 15 is 0 Å². The molecule has 5 aromatic rings. The van der Waals surface area contributed by atoms with Gasteiger partial charge in [-0.05, 0) is 82.5 Å². The Morgan fingerprint density at radius 2 is 1.36 bits per heavy atom. The summed E-state index contributed by atoms with van der Waals surface area (Å²) < 4.78 is 1.11. The Morgan fingerprint density at radius 3 is 1.97 bits per heavy atom. The van der Waals surface area contributed by atoms with Crippen molar-refractivity contribution in [1.29, 1.82) is 0 Å². The van der Waals surface area contributed by atoms with Crippen molar-refractivity contribution >= 4 is 51.0 Å². The third kappa shape index (κ3) is 6.06. The van der Waals surface area contributed by atoms with E-state index in [9.17, 15) is 9.59 Å². The minimum atomic E-state index is -0.787. The predicted octanol–water partition coefficient (Wildman–Crippen LogP) is 6.89. The van der Waals surface area contributed by atoms with E-state index in [1.807, 2.05) is 117 Å². The van der Waals surface area contributed by atoms with Crippen molar-refractivity contribution in [3.8, 4) is 0 Å². The van der Waals surface area contributed by atoms with Crippen LogP contribution in [-0.2, 0) is 16.0 Å².